The van der Waals surface area contributed by atoms with Crippen LogP contribution in [-0.4, -0.2) is 51.2 Å². The van der Waals surface area contributed by atoms with Crippen LogP contribution >= 0.6 is 0 Å². The van der Waals surface area contributed by atoms with Gasteiger partial charge < -0.3 is 19.6 Å². The maximum atomic E-state index is 13.3. The summed E-state index contributed by atoms with van der Waals surface area (Å²) in [6, 6.07) is 33.7. The van der Waals surface area contributed by atoms with Gasteiger partial charge in [-0.1, -0.05) is 93.7 Å². The Morgan fingerprint density at radius 2 is 1.11 bits per heavy atom. The van der Waals surface area contributed by atoms with Crippen LogP contribution in [0.15, 0.2) is 113 Å². The molecule has 0 saturated heterocycles. The van der Waals surface area contributed by atoms with Gasteiger partial charge in [0.25, 0.3) is 11.8 Å². The van der Waals surface area contributed by atoms with E-state index in [1.165, 1.54) is 22.3 Å². The second kappa shape index (κ2) is 15.3. The van der Waals surface area contributed by atoms with E-state index in [0.717, 1.165) is 29.7 Å². The lowest BCUT2D eigenvalue weighted by Gasteiger charge is -2.34. The molecule has 0 bridgehead atoms. The Labute approximate surface area is 312 Å². The Bertz CT molecular complexity index is 2230. The largest absolute Gasteiger partial charge is 0.508 e. The number of phenolic OH excluding ortho intramolecular Hbond substituents is 1. The molecular weight excluding hydrogens is 661 g/mol. The van der Waals surface area contributed by atoms with Crippen LogP contribution in [0.2, 0.25) is 0 Å². The van der Waals surface area contributed by atoms with Crippen molar-refractivity contribution in [2.45, 2.75) is 73.3 Å². The molecule has 0 aliphatic carbocycles. The highest BCUT2D eigenvalue weighted by Crippen LogP contribution is 2.36. The van der Waals surface area contributed by atoms with Crippen LogP contribution in [-0.2, 0) is 32.5 Å². The number of carbonyl (C=O) groups is 2. The molecule has 0 unspecified atom stereocenters. The van der Waals surface area contributed by atoms with Gasteiger partial charge in [-0.25, -0.2) is 0 Å². The molecule has 2 atom stereocenters. The van der Waals surface area contributed by atoms with Gasteiger partial charge in [0.05, 0.1) is 34.6 Å². The topological polar surface area (TPSA) is 94.8 Å². The Hall–Kier alpha value is -6.02. The van der Waals surface area contributed by atoms with E-state index in [4.69, 9.17) is 4.74 Å². The van der Waals surface area contributed by atoms with Crippen LogP contribution in [0.5, 0.6) is 11.5 Å². The quantitative estimate of drug-likeness (QED) is 0.203. The minimum atomic E-state index is -0.0303. The van der Waals surface area contributed by atoms with Crippen LogP contribution < -0.4 is 4.74 Å². The Morgan fingerprint density at radius 3 is 1.66 bits per heavy atom. The number of hydrogen-bond acceptors (Lipinski definition) is 6. The first-order valence-corrected chi connectivity index (χ1v) is 17.3. The smallest absolute Gasteiger partial charge is 0.256 e. The molecule has 270 valence electrons. The monoisotopic (exact) mass is 706 g/mol. The molecule has 0 spiro atoms. The fourth-order valence-electron chi connectivity index (χ4n) is 7.26. The number of rotatable bonds is 3. The predicted octanol–water partition coefficient (Wildman–Crippen LogP) is 9.11. The summed E-state index contributed by atoms with van der Waals surface area (Å²) in [5.74, 6) is 0.956. The van der Waals surface area contributed by atoms with E-state index in [9.17, 15) is 14.7 Å². The number of phenols is 1. The van der Waals surface area contributed by atoms with Crippen molar-refractivity contribution in [1.82, 2.24) is 9.80 Å². The van der Waals surface area contributed by atoms with Gasteiger partial charge in [0.1, 0.15) is 18.1 Å². The summed E-state index contributed by atoms with van der Waals surface area (Å²) in [6.07, 6.45) is 5.32. The number of benzene rings is 5. The summed E-state index contributed by atoms with van der Waals surface area (Å²) >= 11 is 0. The number of amides is 2. The highest BCUT2D eigenvalue weighted by molar-refractivity contribution is 6.04. The maximum absolute atomic E-state index is 13.3. The average molecular weight is 707 g/mol. The predicted molar refractivity (Wildman–Crippen MR) is 212 cm³/mol. The van der Waals surface area contributed by atoms with E-state index >= 15 is 0 Å². The van der Waals surface area contributed by atoms with Crippen LogP contribution in [0.4, 0.5) is 11.4 Å². The summed E-state index contributed by atoms with van der Waals surface area (Å²) < 4.78 is 6.04. The highest BCUT2D eigenvalue weighted by Gasteiger charge is 2.34. The van der Waals surface area contributed by atoms with Crippen molar-refractivity contribution in [2.75, 3.05) is 0 Å². The lowest BCUT2D eigenvalue weighted by atomic mass is 9.94. The van der Waals surface area contributed by atoms with Gasteiger partial charge in [-0.3, -0.25) is 19.6 Å². The van der Waals surface area contributed by atoms with Crippen molar-refractivity contribution in [2.24, 2.45) is 9.98 Å². The number of hydrogen-bond donors (Lipinski definition) is 1. The molecule has 4 heterocycles. The first-order chi connectivity index (χ1) is 24.8. The molecule has 53 heavy (non-hydrogen) atoms. The zero-order valence-electron chi connectivity index (χ0n) is 28.6. The van der Waals surface area contributed by atoms with Crippen molar-refractivity contribution in [1.29, 1.82) is 0 Å². The highest BCUT2D eigenvalue weighted by atomic mass is 16.5. The summed E-state index contributed by atoms with van der Waals surface area (Å²) in [7, 11) is 0. The molecule has 0 radical (unpaired) electrons. The van der Waals surface area contributed by atoms with Gasteiger partial charge in [-0.05, 0) is 77.8 Å². The average Bonchev–Trinajstić information content (AvgIpc) is 3.36. The Kier molecular flexibility index (Phi) is 10.6. The second-order valence-electron chi connectivity index (χ2n) is 13.6. The zero-order chi connectivity index (χ0) is 35.1. The number of ether oxygens (including phenoxy) is 1. The lowest BCUT2D eigenvalue weighted by Crippen LogP contribution is -2.44. The van der Waals surface area contributed by atoms with Gasteiger partial charge >= 0.3 is 0 Å². The number of carbonyl (C=O) groups excluding carboxylic acids is 2. The molecule has 5 aromatic rings. The molecule has 1 N–H and O–H groups in total. The molecule has 8 nitrogen and oxygen atoms in total. The van der Waals surface area contributed by atoms with Gasteiger partial charge in [0.2, 0.25) is 0 Å². The fraction of sp³-hybridized carbons (Fsp3) is 0.244. The van der Waals surface area contributed by atoms with E-state index in [0.29, 0.717) is 47.8 Å². The normalized spacial score (nSPS) is 17.4. The van der Waals surface area contributed by atoms with Crippen LogP contribution in [0.3, 0.4) is 0 Å². The van der Waals surface area contributed by atoms with Crippen molar-refractivity contribution >= 4 is 35.6 Å². The molecule has 2 amide bonds. The van der Waals surface area contributed by atoms with E-state index < -0.39 is 0 Å². The number of aliphatic imine (C=N–C) groups is 2. The molecule has 8 heteroatoms. The van der Waals surface area contributed by atoms with Crippen molar-refractivity contribution in [3.8, 4) is 11.5 Å². The van der Waals surface area contributed by atoms with Crippen LogP contribution in [0.1, 0.15) is 74.5 Å². The summed E-state index contributed by atoms with van der Waals surface area (Å²) in [5, 5.41) is 9.86. The number of nitrogens with zero attached hydrogens (tertiary/aromatic N) is 4. The number of fused-ring (bicyclic) bond motifs is 6. The first kappa shape index (κ1) is 36.8. The fourth-order valence-corrected chi connectivity index (χ4v) is 7.26. The maximum Gasteiger partial charge on any atom is 0.256 e. The summed E-state index contributed by atoms with van der Waals surface area (Å²) in [5.41, 5.74) is 10.2. The van der Waals surface area contributed by atoms with Gasteiger partial charge in [-0.15, -0.1) is 0 Å². The lowest BCUT2D eigenvalue weighted by molar-refractivity contribution is 0.0696. The third kappa shape index (κ3) is 7.22. The van der Waals surface area contributed by atoms with E-state index in [2.05, 4.69) is 40.3 Å². The Morgan fingerprint density at radius 1 is 0.642 bits per heavy atom. The number of aromatic hydroxyl groups is 1. The Balaban J connectivity index is 0.000000181. The van der Waals surface area contributed by atoms with E-state index in [1.54, 1.807) is 19.1 Å². The molecule has 0 saturated carbocycles. The van der Waals surface area contributed by atoms with Gasteiger partial charge in [0.15, 0.2) is 0 Å². The SMILES string of the molecule is C.C.Cc1cc2c(cc1O)N=C[C@@H]1Cc3ccccc3CN1C2=O.Cc1cc2c(cc1OCc1ccccc1)N=C[C@@H]1Cc3ccccc3CN1C2=O. The van der Waals surface area contributed by atoms with Crippen molar-refractivity contribution in [3.05, 3.63) is 153 Å². The first-order valence-electron chi connectivity index (χ1n) is 17.3. The van der Waals surface area contributed by atoms with Gasteiger partial charge in [0, 0.05) is 37.7 Å². The zero-order valence-corrected chi connectivity index (χ0v) is 28.6. The molecule has 5 aromatic carbocycles. The molecule has 4 aliphatic heterocycles. The van der Waals surface area contributed by atoms with E-state index in [-0.39, 0.29) is 44.5 Å². The summed E-state index contributed by atoms with van der Waals surface area (Å²) in [4.78, 5) is 39.2. The van der Waals surface area contributed by atoms with Gasteiger partial charge in [-0.2, -0.15) is 0 Å². The van der Waals surface area contributed by atoms with E-state index in [1.807, 2.05) is 89.8 Å². The van der Waals surface area contributed by atoms with Crippen molar-refractivity contribution in [3.63, 3.8) is 0 Å². The summed E-state index contributed by atoms with van der Waals surface area (Å²) in [6.45, 7) is 5.48. The molecule has 4 aliphatic rings. The molecule has 0 fully saturated rings. The molecule has 9 rings (SSSR count). The second-order valence-corrected chi connectivity index (χ2v) is 13.6. The minimum absolute atomic E-state index is 0. The minimum Gasteiger partial charge on any atom is -0.508 e. The van der Waals surface area contributed by atoms with Crippen molar-refractivity contribution < 1.29 is 19.4 Å². The molecule has 0 aromatic heterocycles. The third-order valence-electron chi connectivity index (χ3n) is 10.2. The standard InChI is InChI=1S/C25H22N2O2.C18H16N2O2.2CH4/c1-17-11-22-23(13-24(17)29-16-18-7-3-2-4-8-18)26-14-21-12-19-9-5-6-10-20(19)15-27(21)25(22)28;1-11-6-15-16(8-17(11)21)19-9-14-7-12-4-2-3-5-13(12)10-20(14)18(15)22;;/h2-11,13-14,21H,12,15-16H2,1H3;2-6,8-9,14,21H,7,10H2,1H3;2*1H4/t21-;14-;;/m00../s1. The molecular formula is C45H46N4O4. The van der Waals surface area contributed by atoms with Crippen LogP contribution in [0.25, 0.3) is 0 Å². The van der Waals surface area contributed by atoms with Crippen LogP contribution in [0, 0.1) is 13.8 Å². The third-order valence-corrected chi connectivity index (χ3v) is 10.2. The number of aryl methyl sites for hydroxylation is 2.